The second-order valence-electron chi connectivity index (χ2n) is 15.7. The number of nitrogens with zero attached hydrogens (tertiary/aromatic N) is 2. The summed E-state index contributed by atoms with van der Waals surface area (Å²) in [6.45, 7) is 6.50. The summed E-state index contributed by atoms with van der Waals surface area (Å²) < 4.78 is 4.78. The highest BCUT2D eigenvalue weighted by atomic mass is 15.0. The lowest BCUT2D eigenvalue weighted by molar-refractivity contribution is 0.794. The van der Waals surface area contributed by atoms with Crippen LogP contribution in [0.15, 0.2) is 194 Å². The maximum atomic E-state index is 4.45. The highest BCUT2D eigenvalue weighted by molar-refractivity contribution is 6.12. The number of hydrogen-bond donors (Lipinski definition) is 0. The normalized spacial score (nSPS) is 13.8. The standard InChI is InChI=1S/C56H38N2/c1-3-4-23-52-36(2)41-15-8-13-24-53(41)57(52)39-30-26-37(27-31-39)38-28-32-40(33-29-38)58-54-25-14-9-19-45(54)47-34-46-44-18-7-12-22-50(44)56(51(46)35-55(47)58)48-20-10-5-16-42(48)43-17-6-11-21-49(43)56/h3-35H,2H2,1H3/b4-3-,52-23+. The van der Waals surface area contributed by atoms with E-state index >= 15 is 0 Å². The van der Waals surface area contributed by atoms with E-state index in [1.165, 1.54) is 82.8 Å². The molecule has 0 N–H and O–H groups in total. The lowest BCUT2D eigenvalue weighted by Crippen LogP contribution is -2.26. The van der Waals surface area contributed by atoms with E-state index in [1.807, 2.05) is 6.92 Å². The van der Waals surface area contributed by atoms with Crippen molar-refractivity contribution in [3.8, 4) is 44.8 Å². The predicted octanol–water partition coefficient (Wildman–Crippen LogP) is 12.5. The highest BCUT2D eigenvalue weighted by Gasteiger charge is 2.51. The van der Waals surface area contributed by atoms with E-state index in [0.29, 0.717) is 0 Å². The van der Waals surface area contributed by atoms with E-state index in [1.54, 1.807) is 0 Å². The monoisotopic (exact) mass is 738 g/mol. The third-order valence-corrected chi connectivity index (χ3v) is 12.8. The first-order valence-corrected chi connectivity index (χ1v) is 20.2. The van der Waals surface area contributed by atoms with Gasteiger partial charge in [0.05, 0.1) is 27.3 Å². The van der Waals surface area contributed by atoms with Crippen LogP contribution in [0.25, 0.3) is 90.1 Å². The van der Waals surface area contributed by atoms with Crippen molar-refractivity contribution in [2.45, 2.75) is 12.3 Å². The van der Waals surface area contributed by atoms with Gasteiger partial charge in [0.15, 0.2) is 0 Å². The van der Waals surface area contributed by atoms with Crippen LogP contribution in [-0.4, -0.2) is 9.13 Å². The minimum atomic E-state index is -0.391. The van der Waals surface area contributed by atoms with E-state index in [4.69, 9.17) is 0 Å². The van der Waals surface area contributed by atoms with Crippen LogP contribution in [0.3, 0.4) is 0 Å². The van der Waals surface area contributed by atoms with Gasteiger partial charge < -0.3 is 9.13 Å². The Hall–Kier alpha value is -7.42. The Morgan fingerprint density at radius 1 is 0.431 bits per heavy atom. The summed E-state index contributed by atoms with van der Waals surface area (Å²) in [7, 11) is 0. The van der Waals surface area contributed by atoms with E-state index in [-0.39, 0.29) is 0 Å². The Kier molecular flexibility index (Phi) is 6.95. The van der Waals surface area contributed by atoms with Gasteiger partial charge >= 0.3 is 0 Å². The zero-order valence-corrected chi connectivity index (χ0v) is 32.2. The van der Waals surface area contributed by atoms with Gasteiger partial charge in [0, 0.05) is 32.8 Å². The molecular formula is C56H38N2. The quantitative estimate of drug-likeness (QED) is 0.170. The van der Waals surface area contributed by atoms with E-state index in [2.05, 4.69) is 216 Å². The third-order valence-electron chi connectivity index (χ3n) is 12.8. The van der Waals surface area contributed by atoms with Gasteiger partial charge in [-0.2, -0.15) is 0 Å². The van der Waals surface area contributed by atoms with Crippen LogP contribution in [0.4, 0.5) is 0 Å². The molecule has 2 aromatic heterocycles. The molecule has 0 radical (unpaired) electrons. The maximum absolute atomic E-state index is 4.45. The van der Waals surface area contributed by atoms with E-state index in [0.717, 1.165) is 27.5 Å². The number of allylic oxidation sites excluding steroid dienone is 2. The Balaban J connectivity index is 1.01. The molecule has 2 aliphatic rings. The first-order valence-electron chi connectivity index (χ1n) is 20.2. The molecular weight excluding hydrogens is 701 g/mol. The molecule has 0 saturated carbocycles. The van der Waals surface area contributed by atoms with Crippen LogP contribution in [0, 0.1) is 0 Å². The Bertz CT molecular complexity index is 3420. The second-order valence-corrected chi connectivity index (χ2v) is 15.7. The predicted molar refractivity (Wildman–Crippen MR) is 243 cm³/mol. The van der Waals surface area contributed by atoms with Gasteiger partial charge in [0.25, 0.3) is 0 Å². The van der Waals surface area contributed by atoms with Crippen LogP contribution in [0.2, 0.25) is 0 Å². The molecule has 2 aliphatic carbocycles. The van der Waals surface area contributed by atoms with Gasteiger partial charge in [0.2, 0.25) is 0 Å². The summed E-state index contributed by atoms with van der Waals surface area (Å²) in [5, 5.41) is 5.85. The molecule has 8 aromatic carbocycles. The average molecular weight is 739 g/mol. The van der Waals surface area contributed by atoms with Crippen molar-refractivity contribution in [3.63, 3.8) is 0 Å². The number of benzene rings is 8. The van der Waals surface area contributed by atoms with Crippen molar-refractivity contribution in [2.75, 3.05) is 0 Å². The van der Waals surface area contributed by atoms with Gasteiger partial charge in [0.1, 0.15) is 0 Å². The van der Waals surface area contributed by atoms with Crippen LogP contribution >= 0.6 is 0 Å². The Labute approximate surface area is 337 Å². The Morgan fingerprint density at radius 3 is 1.50 bits per heavy atom. The molecule has 0 aliphatic heterocycles. The molecule has 58 heavy (non-hydrogen) atoms. The largest absolute Gasteiger partial charge is 0.309 e. The lowest BCUT2D eigenvalue weighted by Gasteiger charge is -2.30. The van der Waals surface area contributed by atoms with Crippen molar-refractivity contribution in [1.82, 2.24) is 9.13 Å². The van der Waals surface area contributed by atoms with Crippen molar-refractivity contribution in [1.29, 1.82) is 0 Å². The second kappa shape index (κ2) is 12.3. The summed E-state index contributed by atoms with van der Waals surface area (Å²) in [6, 6.07) is 67.6. The number of aromatic nitrogens is 2. The van der Waals surface area contributed by atoms with Gasteiger partial charge in [-0.15, -0.1) is 0 Å². The Morgan fingerprint density at radius 2 is 0.914 bits per heavy atom. The molecule has 12 rings (SSSR count). The van der Waals surface area contributed by atoms with Crippen LogP contribution in [0.5, 0.6) is 0 Å². The van der Waals surface area contributed by atoms with Gasteiger partial charge in [-0.3, -0.25) is 0 Å². The number of hydrogen-bond acceptors (Lipinski definition) is 0. The SMILES string of the molecule is C=c1/c(=C\C=C/C)n(-c2ccc(-c3ccc(-n4c5ccccc5c5cc6c(cc54)C4(c5ccccc5-c5ccccc54)c4ccccc4-6)cc3)cc2)c2ccccc12. The number of rotatable bonds is 4. The zero-order chi connectivity index (χ0) is 38.5. The molecule has 0 bridgehead atoms. The smallest absolute Gasteiger partial charge is 0.0726 e. The lowest BCUT2D eigenvalue weighted by atomic mass is 9.70. The molecule has 0 amide bonds. The fraction of sp³-hybridized carbons (Fsp3) is 0.0357. The fourth-order valence-electron chi connectivity index (χ4n) is 10.4. The van der Waals surface area contributed by atoms with Crippen LogP contribution in [-0.2, 0) is 5.41 Å². The number of fused-ring (bicyclic) bond motifs is 14. The molecule has 2 heteroatoms. The molecule has 272 valence electrons. The molecule has 2 heterocycles. The van der Waals surface area contributed by atoms with Gasteiger partial charge in [-0.25, -0.2) is 0 Å². The van der Waals surface area contributed by atoms with Crippen LogP contribution in [0.1, 0.15) is 29.2 Å². The summed E-state index contributed by atoms with van der Waals surface area (Å²) in [4.78, 5) is 0. The molecule has 0 atom stereocenters. The van der Waals surface area contributed by atoms with Crippen molar-refractivity contribution in [3.05, 3.63) is 227 Å². The van der Waals surface area contributed by atoms with Gasteiger partial charge in [-0.05, 0) is 117 Å². The third kappa shape index (κ3) is 4.32. The minimum absolute atomic E-state index is 0.391. The zero-order valence-electron chi connectivity index (χ0n) is 32.2. The summed E-state index contributed by atoms with van der Waals surface area (Å²) >= 11 is 0. The van der Waals surface area contributed by atoms with Crippen molar-refractivity contribution >= 4 is 45.4 Å². The average Bonchev–Trinajstić information content (AvgIpc) is 3.96. The molecule has 0 fully saturated rings. The van der Waals surface area contributed by atoms with Gasteiger partial charge in [-0.1, -0.05) is 152 Å². The van der Waals surface area contributed by atoms with E-state index < -0.39 is 5.41 Å². The maximum Gasteiger partial charge on any atom is 0.0726 e. The molecule has 0 saturated heterocycles. The summed E-state index contributed by atoms with van der Waals surface area (Å²) in [5.41, 5.74) is 18.6. The summed E-state index contributed by atoms with van der Waals surface area (Å²) in [5.74, 6) is 0. The minimum Gasteiger partial charge on any atom is -0.309 e. The van der Waals surface area contributed by atoms with Crippen LogP contribution < -0.4 is 10.6 Å². The fourth-order valence-corrected chi connectivity index (χ4v) is 10.4. The summed E-state index contributed by atoms with van der Waals surface area (Å²) in [6.07, 6.45) is 6.30. The molecule has 10 aromatic rings. The number of para-hydroxylation sites is 2. The van der Waals surface area contributed by atoms with E-state index in [9.17, 15) is 0 Å². The van der Waals surface area contributed by atoms with Crippen molar-refractivity contribution < 1.29 is 0 Å². The molecule has 0 unspecified atom stereocenters. The topological polar surface area (TPSA) is 9.86 Å². The van der Waals surface area contributed by atoms with Crippen molar-refractivity contribution in [2.24, 2.45) is 0 Å². The molecule has 1 spiro atoms. The highest BCUT2D eigenvalue weighted by Crippen LogP contribution is 2.63. The first kappa shape index (κ1) is 32.8. The first-order chi connectivity index (χ1) is 28.7. The molecule has 2 nitrogen and oxygen atoms in total.